The minimum absolute atomic E-state index is 0.177. The maximum atomic E-state index is 13.1. The number of carbonyl (C=O) groups is 1. The van der Waals surface area contributed by atoms with Crippen LogP contribution >= 0.6 is 0 Å². The molecule has 7 nitrogen and oxygen atoms in total. The molecule has 0 aromatic heterocycles. The zero-order valence-corrected chi connectivity index (χ0v) is 16.7. The van der Waals surface area contributed by atoms with Crippen LogP contribution in [0.15, 0.2) is 0 Å². The molecule has 27 heavy (non-hydrogen) atoms. The SMILES string of the molecule is O=C(NC1CCCCC1)N[C@H]1CO[C@H]2[C@@H]1OC[C@@H]2S(=O)(=O)C1CCCCC1. The van der Waals surface area contributed by atoms with Gasteiger partial charge in [-0.1, -0.05) is 38.5 Å². The molecule has 2 amide bonds. The Labute approximate surface area is 161 Å². The van der Waals surface area contributed by atoms with Gasteiger partial charge in [-0.3, -0.25) is 0 Å². The first kappa shape index (κ1) is 19.5. The summed E-state index contributed by atoms with van der Waals surface area (Å²) < 4.78 is 37.8. The molecule has 4 fully saturated rings. The standard InChI is InChI=1S/C19H32N2O5S/c22-19(20-13-7-3-1-4-8-13)21-15-11-25-18-16(12-26-17(15)18)27(23,24)14-9-5-2-6-10-14/h13-18H,1-12H2,(H2,20,21,22)/t15-,16-,17+,18+/m0/s1. The lowest BCUT2D eigenvalue weighted by Gasteiger charge is -2.26. The van der Waals surface area contributed by atoms with Crippen molar-refractivity contribution in [3.05, 3.63) is 0 Å². The smallest absolute Gasteiger partial charge is 0.315 e. The molecular formula is C19H32N2O5S. The van der Waals surface area contributed by atoms with E-state index in [2.05, 4.69) is 10.6 Å². The topological polar surface area (TPSA) is 93.7 Å². The molecule has 0 bridgehead atoms. The van der Waals surface area contributed by atoms with Crippen LogP contribution in [0.3, 0.4) is 0 Å². The van der Waals surface area contributed by atoms with Crippen molar-refractivity contribution in [1.29, 1.82) is 0 Å². The monoisotopic (exact) mass is 400 g/mol. The molecule has 2 saturated heterocycles. The van der Waals surface area contributed by atoms with Gasteiger partial charge in [-0.05, 0) is 25.7 Å². The summed E-state index contributed by atoms with van der Waals surface area (Å²) in [6.07, 6.45) is 9.37. The number of sulfone groups is 1. The normalized spacial score (nSPS) is 35.7. The summed E-state index contributed by atoms with van der Waals surface area (Å²) in [7, 11) is -3.27. The van der Waals surface area contributed by atoms with Crippen LogP contribution in [0.25, 0.3) is 0 Å². The first-order chi connectivity index (χ1) is 13.1. The van der Waals surface area contributed by atoms with Crippen LogP contribution in [0.4, 0.5) is 4.79 Å². The van der Waals surface area contributed by atoms with Gasteiger partial charge in [0.05, 0.1) is 24.5 Å². The number of hydrogen-bond donors (Lipinski definition) is 2. The third-order valence-electron chi connectivity index (χ3n) is 6.70. The van der Waals surface area contributed by atoms with Crippen molar-refractivity contribution in [2.75, 3.05) is 13.2 Å². The van der Waals surface area contributed by atoms with Gasteiger partial charge in [-0.15, -0.1) is 0 Å². The Morgan fingerprint density at radius 2 is 1.41 bits per heavy atom. The van der Waals surface area contributed by atoms with Crippen LogP contribution in [0, 0.1) is 0 Å². The van der Waals surface area contributed by atoms with Crippen molar-refractivity contribution in [1.82, 2.24) is 10.6 Å². The molecule has 0 radical (unpaired) electrons. The van der Waals surface area contributed by atoms with Gasteiger partial charge >= 0.3 is 6.03 Å². The molecular weight excluding hydrogens is 368 g/mol. The highest BCUT2D eigenvalue weighted by Gasteiger charge is 2.54. The van der Waals surface area contributed by atoms with Crippen LogP contribution in [-0.4, -0.2) is 62.5 Å². The molecule has 4 atom stereocenters. The van der Waals surface area contributed by atoms with Crippen molar-refractivity contribution in [3.63, 3.8) is 0 Å². The predicted octanol–water partition coefficient (Wildman–Crippen LogP) is 1.90. The lowest BCUT2D eigenvalue weighted by Crippen LogP contribution is -2.51. The highest BCUT2D eigenvalue weighted by molar-refractivity contribution is 7.92. The van der Waals surface area contributed by atoms with Crippen LogP contribution in [0.1, 0.15) is 64.2 Å². The maximum absolute atomic E-state index is 13.1. The summed E-state index contributed by atoms with van der Waals surface area (Å²) in [6, 6.07) is -0.246. The summed E-state index contributed by atoms with van der Waals surface area (Å²) >= 11 is 0. The number of ether oxygens (including phenoxy) is 2. The molecule has 2 N–H and O–H groups in total. The van der Waals surface area contributed by atoms with E-state index in [4.69, 9.17) is 9.47 Å². The molecule has 0 aromatic carbocycles. The number of nitrogens with one attached hydrogen (secondary N) is 2. The van der Waals surface area contributed by atoms with Crippen molar-refractivity contribution in [2.24, 2.45) is 0 Å². The Morgan fingerprint density at radius 3 is 2.11 bits per heavy atom. The van der Waals surface area contributed by atoms with Crippen molar-refractivity contribution >= 4 is 15.9 Å². The van der Waals surface area contributed by atoms with E-state index in [1.165, 1.54) is 6.42 Å². The van der Waals surface area contributed by atoms with Gasteiger partial charge < -0.3 is 20.1 Å². The molecule has 0 aromatic rings. The fourth-order valence-electron chi connectivity index (χ4n) is 5.15. The van der Waals surface area contributed by atoms with E-state index >= 15 is 0 Å². The van der Waals surface area contributed by atoms with Gasteiger partial charge in [0.15, 0.2) is 9.84 Å². The van der Waals surface area contributed by atoms with E-state index in [1.54, 1.807) is 0 Å². The first-order valence-electron chi connectivity index (χ1n) is 10.6. The average molecular weight is 401 g/mol. The van der Waals surface area contributed by atoms with Crippen LogP contribution in [-0.2, 0) is 19.3 Å². The number of amides is 2. The number of hydrogen-bond acceptors (Lipinski definition) is 5. The maximum Gasteiger partial charge on any atom is 0.315 e. The third kappa shape index (κ3) is 4.12. The highest BCUT2D eigenvalue weighted by Crippen LogP contribution is 2.35. The zero-order valence-electron chi connectivity index (χ0n) is 15.9. The van der Waals surface area contributed by atoms with Crippen LogP contribution < -0.4 is 10.6 Å². The number of fused-ring (bicyclic) bond motifs is 1. The van der Waals surface area contributed by atoms with Gasteiger partial charge in [0.1, 0.15) is 17.5 Å². The Hall–Kier alpha value is -0.860. The lowest BCUT2D eigenvalue weighted by atomic mass is 9.96. The quantitative estimate of drug-likeness (QED) is 0.752. The molecule has 2 saturated carbocycles. The summed E-state index contributed by atoms with van der Waals surface area (Å²) in [5.41, 5.74) is 0. The number of carbonyl (C=O) groups excluding carboxylic acids is 1. The van der Waals surface area contributed by atoms with Crippen LogP contribution in [0.2, 0.25) is 0 Å². The summed E-state index contributed by atoms with van der Waals surface area (Å²) in [4.78, 5) is 12.3. The van der Waals surface area contributed by atoms with Gasteiger partial charge in [0, 0.05) is 6.04 Å². The second kappa shape index (κ2) is 8.25. The van der Waals surface area contributed by atoms with E-state index in [-0.39, 0.29) is 36.1 Å². The van der Waals surface area contributed by atoms with Gasteiger partial charge in [0.2, 0.25) is 0 Å². The Morgan fingerprint density at radius 1 is 0.778 bits per heavy atom. The van der Waals surface area contributed by atoms with E-state index in [0.717, 1.165) is 57.8 Å². The summed E-state index contributed by atoms with van der Waals surface area (Å²) in [5.74, 6) is 0. The minimum Gasteiger partial charge on any atom is -0.372 e. The molecule has 4 aliphatic rings. The fourth-order valence-corrected chi connectivity index (χ4v) is 7.51. The molecule has 154 valence electrons. The van der Waals surface area contributed by atoms with E-state index in [1.807, 2.05) is 0 Å². The predicted molar refractivity (Wildman–Crippen MR) is 101 cm³/mol. The molecule has 0 spiro atoms. The highest BCUT2D eigenvalue weighted by atomic mass is 32.2. The number of rotatable bonds is 4. The summed E-state index contributed by atoms with van der Waals surface area (Å²) in [5, 5.41) is 5.13. The fraction of sp³-hybridized carbons (Fsp3) is 0.947. The van der Waals surface area contributed by atoms with Gasteiger partial charge in [-0.2, -0.15) is 0 Å². The molecule has 2 aliphatic carbocycles. The lowest BCUT2D eigenvalue weighted by molar-refractivity contribution is 0.0691. The second-order valence-corrected chi connectivity index (χ2v) is 11.0. The van der Waals surface area contributed by atoms with Crippen molar-refractivity contribution < 1.29 is 22.7 Å². The Balaban J connectivity index is 1.33. The third-order valence-corrected chi connectivity index (χ3v) is 9.35. The first-order valence-corrected chi connectivity index (χ1v) is 12.2. The van der Waals surface area contributed by atoms with E-state index < -0.39 is 21.2 Å². The molecule has 2 aliphatic heterocycles. The Bertz CT molecular complexity index is 628. The van der Waals surface area contributed by atoms with Crippen LogP contribution in [0.5, 0.6) is 0 Å². The van der Waals surface area contributed by atoms with E-state index in [0.29, 0.717) is 6.61 Å². The zero-order chi connectivity index (χ0) is 18.9. The minimum atomic E-state index is -3.27. The molecule has 2 heterocycles. The van der Waals surface area contributed by atoms with E-state index in [9.17, 15) is 13.2 Å². The largest absolute Gasteiger partial charge is 0.372 e. The average Bonchev–Trinajstić information content (AvgIpc) is 3.26. The van der Waals surface area contributed by atoms with Crippen molar-refractivity contribution in [3.8, 4) is 0 Å². The molecule has 0 unspecified atom stereocenters. The van der Waals surface area contributed by atoms with Gasteiger partial charge in [-0.25, -0.2) is 13.2 Å². The van der Waals surface area contributed by atoms with Crippen molar-refractivity contribution in [2.45, 2.75) is 99.0 Å². The second-order valence-electron chi connectivity index (χ2n) is 8.54. The van der Waals surface area contributed by atoms with Gasteiger partial charge in [0.25, 0.3) is 0 Å². The summed E-state index contributed by atoms with van der Waals surface area (Å²) in [6.45, 7) is 0.487. The molecule has 4 rings (SSSR count). The molecule has 8 heteroatoms. The Kier molecular flexibility index (Phi) is 5.94. The number of urea groups is 1.